The van der Waals surface area contributed by atoms with Crippen molar-refractivity contribution in [2.24, 2.45) is 0 Å². The fourth-order valence-corrected chi connectivity index (χ4v) is 2.46. The predicted octanol–water partition coefficient (Wildman–Crippen LogP) is 4.49. The van der Waals surface area contributed by atoms with Crippen LogP contribution >= 0.6 is 0 Å². The van der Waals surface area contributed by atoms with E-state index in [1.807, 2.05) is 42.5 Å². The van der Waals surface area contributed by atoms with E-state index >= 15 is 0 Å². The minimum absolute atomic E-state index is 0.382. The van der Waals surface area contributed by atoms with Crippen molar-refractivity contribution in [1.82, 2.24) is 0 Å². The monoisotopic (exact) mass is 284 g/mol. The summed E-state index contributed by atoms with van der Waals surface area (Å²) in [4.78, 5) is 0. The summed E-state index contributed by atoms with van der Waals surface area (Å²) >= 11 is 0. The van der Waals surface area contributed by atoms with Gasteiger partial charge in [-0.2, -0.15) is 0 Å². The zero-order valence-corrected chi connectivity index (χ0v) is 13.0. The Hall–Kier alpha value is -1.80. The van der Waals surface area contributed by atoms with Gasteiger partial charge >= 0.3 is 0 Å². The average Bonchev–Trinajstić information content (AvgIpc) is 2.53. The number of aliphatic hydroxyl groups excluding tert-OH is 1. The predicted molar refractivity (Wildman–Crippen MR) is 86.7 cm³/mol. The third kappa shape index (κ3) is 3.45. The highest BCUT2D eigenvalue weighted by molar-refractivity contribution is 5.39. The molecule has 0 fully saturated rings. The molecule has 0 aliphatic rings. The van der Waals surface area contributed by atoms with Gasteiger partial charge in [-0.3, -0.25) is 0 Å². The molecule has 0 aliphatic carbocycles. The van der Waals surface area contributed by atoms with Gasteiger partial charge in [-0.1, -0.05) is 69.3 Å². The third-order valence-electron chi connectivity index (χ3n) is 3.88. The van der Waals surface area contributed by atoms with E-state index in [9.17, 15) is 5.11 Å². The van der Waals surface area contributed by atoms with Gasteiger partial charge in [0.15, 0.2) is 0 Å². The van der Waals surface area contributed by atoms with Crippen LogP contribution in [0.3, 0.4) is 0 Å². The SMILES string of the molecule is CCCOc1ccccc1C(O)C(C)(C)c1ccccc1. The summed E-state index contributed by atoms with van der Waals surface area (Å²) < 4.78 is 5.78. The quantitative estimate of drug-likeness (QED) is 0.847. The van der Waals surface area contributed by atoms with Crippen molar-refractivity contribution in [2.75, 3.05) is 6.61 Å². The second kappa shape index (κ2) is 6.77. The van der Waals surface area contributed by atoms with Crippen molar-refractivity contribution in [3.05, 3.63) is 65.7 Å². The molecule has 0 aliphatic heterocycles. The summed E-state index contributed by atoms with van der Waals surface area (Å²) in [5, 5.41) is 10.9. The highest BCUT2D eigenvalue weighted by atomic mass is 16.5. The molecule has 1 unspecified atom stereocenters. The first kappa shape index (κ1) is 15.6. The summed E-state index contributed by atoms with van der Waals surface area (Å²) in [6, 6.07) is 17.9. The average molecular weight is 284 g/mol. The van der Waals surface area contributed by atoms with E-state index in [4.69, 9.17) is 4.74 Å². The van der Waals surface area contributed by atoms with E-state index < -0.39 is 6.10 Å². The van der Waals surface area contributed by atoms with Crippen LogP contribution in [0.4, 0.5) is 0 Å². The summed E-state index contributed by atoms with van der Waals surface area (Å²) in [5.41, 5.74) is 1.58. The molecule has 0 aromatic heterocycles. The van der Waals surface area contributed by atoms with Crippen LogP contribution in [0.5, 0.6) is 5.75 Å². The second-order valence-corrected chi connectivity index (χ2v) is 5.88. The molecule has 1 N–H and O–H groups in total. The van der Waals surface area contributed by atoms with E-state index in [-0.39, 0.29) is 5.41 Å². The van der Waals surface area contributed by atoms with Gasteiger partial charge in [-0.15, -0.1) is 0 Å². The molecule has 0 saturated heterocycles. The van der Waals surface area contributed by atoms with Crippen molar-refractivity contribution in [2.45, 2.75) is 38.7 Å². The van der Waals surface area contributed by atoms with Crippen LogP contribution in [-0.2, 0) is 5.41 Å². The van der Waals surface area contributed by atoms with Crippen LogP contribution < -0.4 is 4.74 Å². The molecule has 0 spiro atoms. The van der Waals surface area contributed by atoms with Crippen LogP contribution in [-0.4, -0.2) is 11.7 Å². The van der Waals surface area contributed by atoms with E-state index in [0.717, 1.165) is 23.3 Å². The van der Waals surface area contributed by atoms with Gasteiger partial charge in [-0.25, -0.2) is 0 Å². The molecule has 2 heteroatoms. The van der Waals surface area contributed by atoms with Gasteiger partial charge in [0, 0.05) is 11.0 Å². The standard InChI is InChI=1S/C19H24O2/c1-4-14-21-17-13-9-8-12-16(17)18(20)19(2,3)15-10-6-5-7-11-15/h5-13,18,20H,4,14H2,1-3H3. The van der Waals surface area contributed by atoms with E-state index in [2.05, 4.69) is 32.9 Å². The van der Waals surface area contributed by atoms with Crippen molar-refractivity contribution in [3.8, 4) is 5.75 Å². The van der Waals surface area contributed by atoms with Crippen molar-refractivity contribution in [3.63, 3.8) is 0 Å². The molecule has 0 heterocycles. The van der Waals surface area contributed by atoms with Crippen LogP contribution in [0.2, 0.25) is 0 Å². The first-order valence-electron chi connectivity index (χ1n) is 7.52. The molecule has 2 rings (SSSR count). The number of hydrogen-bond acceptors (Lipinski definition) is 2. The van der Waals surface area contributed by atoms with Crippen LogP contribution in [0.15, 0.2) is 54.6 Å². The molecule has 2 aromatic carbocycles. The summed E-state index contributed by atoms with van der Waals surface area (Å²) in [6.07, 6.45) is 0.333. The molecule has 112 valence electrons. The van der Waals surface area contributed by atoms with Crippen molar-refractivity contribution < 1.29 is 9.84 Å². The molecule has 0 saturated carbocycles. The molecule has 0 bridgehead atoms. The Morgan fingerprint density at radius 2 is 1.62 bits per heavy atom. The van der Waals surface area contributed by atoms with Crippen LogP contribution in [0.1, 0.15) is 44.4 Å². The zero-order valence-electron chi connectivity index (χ0n) is 13.0. The summed E-state index contributed by atoms with van der Waals surface area (Å²) in [5.74, 6) is 0.774. The molecule has 2 nitrogen and oxygen atoms in total. The van der Waals surface area contributed by atoms with E-state index in [1.54, 1.807) is 0 Å². The van der Waals surface area contributed by atoms with E-state index in [0.29, 0.717) is 6.61 Å². The molecule has 1 atom stereocenters. The Bertz CT molecular complexity index is 561. The Morgan fingerprint density at radius 3 is 2.29 bits per heavy atom. The lowest BCUT2D eigenvalue weighted by Crippen LogP contribution is -2.27. The minimum atomic E-state index is -0.618. The summed E-state index contributed by atoms with van der Waals surface area (Å²) in [7, 11) is 0. The van der Waals surface area contributed by atoms with Gasteiger partial charge in [0.05, 0.1) is 12.7 Å². The highest BCUT2D eigenvalue weighted by Crippen LogP contribution is 2.40. The van der Waals surface area contributed by atoms with Gasteiger partial charge < -0.3 is 9.84 Å². The molecule has 2 aromatic rings. The Morgan fingerprint density at radius 1 is 1.00 bits per heavy atom. The van der Waals surface area contributed by atoms with Gasteiger partial charge in [0.1, 0.15) is 5.75 Å². The highest BCUT2D eigenvalue weighted by Gasteiger charge is 2.32. The lowest BCUT2D eigenvalue weighted by molar-refractivity contribution is 0.0964. The van der Waals surface area contributed by atoms with Crippen molar-refractivity contribution >= 4 is 0 Å². The number of aliphatic hydroxyl groups is 1. The number of para-hydroxylation sites is 1. The number of ether oxygens (including phenoxy) is 1. The lowest BCUT2D eigenvalue weighted by atomic mass is 9.76. The number of benzene rings is 2. The smallest absolute Gasteiger partial charge is 0.125 e. The molecular weight excluding hydrogens is 260 g/mol. The zero-order chi connectivity index (χ0) is 15.3. The van der Waals surface area contributed by atoms with Crippen LogP contribution in [0, 0.1) is 0 Å². The summed E-state index contributed by atoms with van der Waals surface area (Å²) in [6.45, 7) is 6.86. The van der Waals surface area contributed by atoms with Gasteiger partial charge in [0.25, 0.3) is 0 Å². The Balaban J connectivity index is 2.33. The van der Waals surface area contributed by atoms with E-state index in [1.165, 1.54) is 0 Å². The first-order chi connectivity index (χ1) is 10.1. The minimum Gasteiger partial charge on any atom is -0.493 e. The lowest BCUT2D eigenvalue weighted by Gasteiger charge is -2.32. The largest absolute Gasteiger partial charge is 0.493 e. The Kier molecular flexibility index (Phi) is 5.03. The maximum atomic E-state index is 10.9. The molecule has 0 radical (unpaired) electrons. The maximum absolute atomic E-state index is 10.9. The maximum Gasteiger partial charge on any atom is 0.125 e. The Labute approximate surface area is 127 Å². The third-order valence-corrected chi connectivity index (χ3v) is 3.88. The fourth-order valence-electron chi connectivity index (χ4n) is 2.46. The fraction of sp³-hybridized carbons (Fsp3) is 0.368. The first-order valence-corrected chi connectivity index (χ1v) is 7.52. The number of rotatable bonds is 6. The van der Waals surface area contributed by atoms with Crippen molar-refractivity contribution in [1.29, 1.82) is 0 Å². The topological polar surface area (TPSA) is 29.5 Å². The van der Waals surface area contributed by atoms with Crippen LogP contribution in [0.25, 0.3) is 0 Å². The number of hydrogen-bond donors (Lipinski definition) is 1. The van der Waals surface area contributed by atoms with Gasteiger partial charge in [-0.05, 0) is 18.1 Å². The molecular formula is C19H24O2. The molecule has 21 heavy (non-hydrogen) atoms. The second-order valence-electron chi connectivity index (χ2n) is 5.88. The molecule has 0 amide bonds. The van der Waals surface area contributed by atoms with Gasteiger partial charge in [0.2, 0.25) is 0 Å². The normalized spacial score (nSPS) is 13.0.